The van der Waals surface area contributed by atoms with Gasteiger partial charge in [0.05, 0.1) is 35.3 Å². The van der Waals surface area contributed by atoms with E-state index in [-0.39, 0.29) is 38.4 Å². The van der Waals surface area contributed by atoms with Crippen molar-refractivity contribution in [3.8, 4) is 11.5 Å². The third kappa shape index (κ3) is 5.86. The van der Waals surface area contributed by atoms with E-state index in [2.05, 4.69) is 9.44 Å². The SMILES string of the molecule is COc1ccc(C)cc1NS(=O)(=O)c1ccc(NS(=O)(=O)c2ccc(OC)c(C(=O)N3CCCC3)c2)cc1. The first kappa shape index (κ1) is 27.3. The summed E-state index contributed by atoms with van der Waals surface area (Å²) in [5.74, 6) is 0.363. The molecule has 0 unspecified atom stereocenters. The number of rotatable bonds is 9. The lowest BCUT2D eigenvalue weighted by atomic mass is 10.1. The molecule has 0 aromatic heterocycles. The van der Waals surface area contributed by atoms with Crippen molar-refractivity contribution in [2.45, 2.75) is 29.6 Å². The molecule has 2 N–H and O–H groups in total. The molecule has 0 spiro atoms. The monoisotopic (exact) mass is 559 g/mol. The first-order chi connectivity index (χ1) is 18.0. The fraction of sp³-hybridized carbons (Fsp3) is 0.269. The highest BCUT2D eigenvalue weighted by molar-refractivity contribution is 7.93. The summed E-state index contributed by atoms with van der Waals surface area (Å²) >= 11 is 0. The molecule has 1 aliphatic rings. The van der Waals surface area contributed by atoms with Crippen molar-refractivity contribution >= 4 is 37.3 Å². The fourth-order valence-corrected chi connectivity index (χ4v) is 6.28. The van der Waals surface area contributed by atoms with Gasteiger partial charge >= 0.3 is 0 Å². The Morgan fingerprint density at radius 3 is 1.97 bits per heavy atom. The lowest BCUT2D eigenvalue weighted by Crippen LogP contribution is -2.28. The third-order valence-electron chi connectivity index (χ3n) is 6.12. The van der Waals surface area contributed by atoms with Crippen molar-refractivity contribution in [3.63, 3.8) is 0 Å². The van der Waals surface area contributed by atoms with Crippen LogP contribution in [0.1, 0.15) is 28.8 Å². The van der Waals surface area contributed by atoms with Crippen molar-refractivity contribution in [1.82, 2.24) is 4.90 Å². The summed E-state index contributed by atoms with van der Waals surface area (Å²) in [6, 6.07) is 14.5. The van der Waals surface area contributed by atoms with Crippen LogP contribution in [0.4, 0.5) is 11.4 Å². The van der Waals surface area contributed by atoms with E-state index >= 15 is 0 Å². The minimum atomic E-state index is -4.09. The average Bonchev–Trinajstić information content (AvgIpc) is 3.43. The van der Waals surface area contributed by atoms with Crippen molar-refractivity contribution < 1.29 is 31.1 Å². The molecular formula is C26H29N3O7S2. The van der Waals surface area contributed by atoms with Crippen LogP contribution in [0.2, 0.25) is 0 Å². The van der Waals surface area contributed by atoms with Gasteiger partial charge in [-0.2, -0.15) is 0 Å². The summed E-state index contributed by atoms with van der Waals surface area (Å²) in [6.07, 6.45) is 1.79. The number of anilines is 2. The molecule has 1 aliphatic heterocycles. The Kier molecular flexibility index (Phi) is 7.83. The first-order valence-corrected chi connectivity index (χ1v) is 14.8. The van der Waals surface area contributed by atoms with Crippen molar-refractivity contribution in [3.05, 3.63) is 71.8 Å². The predicted octanol–water partition coefficient (Wildman–Crippen LogP) is 3.85. The highest BCUT2D eigenvalue weighted by Gasteiger charge is 2.25. The smallest absolute Gasteiger partial charge is 0.262 e. The van der Waals surface area contributed by atoms with Crippen LogP contribution in [0.3, 0.4) is 0 Å². The second-order valence-electron chi connectivity index (χ2n) is 8.80. The van der Waals surface area contributed by atoms with Crippen LogP contribution in [0.5, 0.6) is 11.5 Å². The number of hydrogen-bond donors (Lipinski definition) is 2. The summed E-state index contributed by atoms with van der Waals surface area (Å²) in [5.41, 5.74) is 1.45. The molecule has 3 aromatic rings. The summed E-state index contributed by atoms with van der Waals surface area (Å²) in [5, 5.41) is 0. The van der Waals surface area contributed by atoms with Gasteiger partial charge in [0, 0.05) is 18.8 Å². The number of benzene rings is 3. The minimum Gasteiger partial charge on any atom is -0.496 e. The first-order valence-electron chi connectivity index (χ1n) is 11.8. The number of carbonyl (C=O) groups excluding carboxylic acids is 1. The Bertz CT molecular complexity index is 1550. The lowest BCUT2D eigenvalue weighted by Gasteiger charge is -2.18. The zero-order valence-electron chi connectivity index (χ0n) is 21.2. The van der Waals surface area contributed by atoms with Gasteiger partial charge in [-0.1, -0.05) is 6.07 Å². The van der Waals surface area contributed by atoms with E-state index < -0.39 is 20.0 Å². The van der Waals surface area contributed by atoms with E-state index in [0.29, 0.717) is 18.8 Å². The third-order valence-corrected chi connectivity index (χ3v) is 8.88. The van der Waals surface area contributed by atoms with E-state index in [1.807, 2.05) is 6.92 Å². The molecule has 4 rings (SSSR count). The van der Waals surface area contributed by atoms with Crippen molar-refractivity contribution in [1.29, 1.82) is 0 Å². The number of sulfonamides is 2. The van der Waals surface area contributed by atoms with Gasteiger partial charge in [-0.3, -0.25) is 14.2 Å². The van der Waals surface area contributed by atoms with Crippen LogP contribution < -0.4 is 18.9 Å². The molecule has 0 atom stereocenters. The summed E-state index contributed by atoms with van der Waals surface area (Å²) in [4.78, 5) is 14.4. The lowest BCUT2D eigenvalue weighted by molar-refractivity contribution is 0.0789. The van der Waals surface area contributed by atoms with E-state index in [4.69, 9.17) is 9.47 Å². The summed E-state index contributed by atoms with van der Waals surface area (Å²) in [7, 11) is -5.20. The molecule has 0 bridgehead atoms. The zero-order chi connectivity index (χ0) is 27.5. The van der Waals surface area contributed by atoms with Gasteiger partial charge in [0.2, 0.25) is 0 Å². The standard InChI is InChI=1S/C26H29N3O7S2/c1-18-6-12-25(36-3)23(16-18)28-37(31,32)20-9-7-19(8-10-20)27-38(33,34)21-11-13-24(35-2)22(17-21)26(30)29-14-4-5-15-29/h6-13,16-17,27-28H,4-5,14-15H2,1-3H3. The van der Waals surface area contributed by atoms with Gasteiger partial charge in [-0.05, 0) is 79.9 Å². The van der Waals surface area contributed by atoms with Crippen LogP contribution in [-0.4, -0.2) is 55.0 Å². The molecule has 202 valence electrons. The highest BCUT2D eigenvalue weighted by atomic mass is 32.2. The highest BCUT2D eigenvalue weighted by Crippen LogP contribution is 2.29. The Morgan fingerprint density at radius 2 is 1.34 bits per heavy atom. The second-order valence-corrected chi connectivity index (χ2v) is 12.2. The Morgan fingerprint density at radius 1 is 0.763 bits per heavy atom. The molecular weight excluding hydrogens is 530 g/mol. The Hall–Kier alpha value is -3.77. The minimum absolute atomic E-state index is 0.0630. The van der Waals surface area contributed by atoms with E-state index in [1.54, 1.807) is 23.1 Å². The van der Waals surface area contributed by atoms with Crippen LogP contribution in [-0.2, 0) is 20.0 Å². The maximum Gasteiger partial charge on any atom is 0.262 e. The number of nitrogens with one attached hydrogen (secondary N) is 2. The molecule has 38 heavy (non-hydrogen) atoms. The topological polar surface area (TPSA) is 131 Å². The van der Waals surface area contributed by atoms with Crippen LogP contribution in [0.25, 0.3) is 0 Å². The van der Waals surface area contributed by atoms with Gasteiger partial charge in [0.25, 0.3) is 26.0 Å². The summed E-state index contributed by atoms with van der Waals surface area (Å²) < 4.78 is 67.5. The zero-order valence-corrected chi connectivity index (χ0v) is 22.9. The molecule has 10 nitrogen and oxygen atoms in total. The van der Waals surface area contributed by atoms with Gasteiger partial charge in [-0.25, -0.2) is 16.8 Å². The normalized spacial score (nSPS) is 13.7. The molecule has 1 fully saturated rings. The number of methoxy groups -OCH3 is 2. The average molecular weight is 560 g/mol. The number of carbonyl (C=O) groups is 1. The maximum absolute atomic E-state index is 13.1. The molecule has 1 heterocycles. The van der Waals surface area contributed by atoms with Crippen LogP contribution in [0.15, 0.2) is 70.5 Å². The summed E-state index contributed by atoms with van der Waals surface area (Å²) in [6.45, 7) is 3.04. The fourth-order valence-electron chi connectivity index (χ4n) is 4.13. The quantitative estimate of drug-likeness (QED) is 0.407. The Labute approximate surface area is 222 Å². The van der Waals surface area contributed by atoms with Gasteiger partial charge in [0.1, 0.15) is 11.5 Å². The molecule has 3 aromatic carbocycles. The number of ether oxygens (including phenoxy) is 2. The van der Waals surface area contributed by atoms with Gasteiger partial charge in [0.15, 0.2) is 0 Å². The number of amides is 1. The van der Waals surface area contributed by atoms with E-state index in [9.17, 15) is 21.6 Å². The number of nitrogens with zero attached hydrogens (tertiary/aromatic N) is 1. The second kappa shape index (κ2) is 10.9. The number of likely N-dealkylation sites (tertiary alicyclic amines) is 1. The molecule has 1 amide bonds. The molecule has 1 saturated heterocycles. The van der Waals surface area contributed by atoms with Gasteiger partial charge < -0.3 is 14.4 Å². The molecule has 12 heteroatoms. The van der Waals surface area contributed by atoms with Crippen molar-refractivity contribution in [2.24, 2.45) is 0 Å². The number of hydrogen-bond acceptors (Lipinski definition) is 7. The molecule has 0 saturated carbocycles. The maximum atomic E-state index is 13.1. The number of aryl methyl sites for hydroxylation is 1. The van der Waals surface area contributed by atoms with Gasteiger partial charge in [-0.15, -0.1) is 0 Å². The predicted molar refractivity (Wildman–Crippen MR) is 144 cm³/mol. The van der Waals surface area contributed by atoms with Crippen molar-refractivity contribution in [2.75, 3.05) is 36.8 Å². The van der Waals surface area contributed by atoms with Crippen LogP contribution >= 0.6 is 0 Å². The largest absolute Gasteiger partial charge is 0.496 e. The van der Waals surface area contributed by atoms with E-state index in [1.165, 1.54) is 56.7 Å². The molecule has 0 aliphatic carbocycles. The Balaban J connectivity index is 1.54. The van der Waals surface area contributed by atoms with Crippen LogP contribution in [0, 0.1) is 6.92 Å². The molecule has 0 radical (unpaired) electrons. The van der Waals surface area contributed by atoms with E-state index in [0.717, 1.165) is 18.4 Å².